The third-order valence-corrected chi connectivity index (χ3v) is 6.85. The van der Waals surface area contributed by atoms with Crippen LogP contribution in [0, 0.1) is 13.8 Å². The summed E-state index contributed by atoms with van der Waals surface area (Å²) < 4.78 is 2.07. The number of aromatic amines is 1. The van der Waals surface area contributed by atoms with Gasteiger partial charge in [0.25, 0.3) is 0 Å². The van der Waals surface area contributed by atoms with E-state index in [-0.39, 0.29) is 5.78 Å². The zero-order chi connectivity index (χ0) is 25.8. The van der Waals surface area contributed by atoms with E-state index in [0.29, 0.717) is 18.7 Å². The first-order valence-corrected chi connectivity index (χ1v) is 12.8. The molecule has 3 aromatic carbocycles. The Morgan fingerprint density at radius 1 is 1.03 bits per heavy atom. The summed E-state index contributed by atoms with van der Waals surface area (Å²) in [6, 6.07) is 22.2. The normalized spacial score (nSPS) is 12.6. The van der Waals surface area contributed by atoms with Gasteiger partial charge in [0.2, 0.25) is 0 Å². The highest BCUT2D eigenvalue weighted by Gasteiger charge is 2.11. The van der Waals surface area contributed by atoms with Crippen LogP contribution in [0.15, 0.2) is 85.2 Å². The topological polar surface area (TPSA) is 70.1 Å². The number of nitrogens with zero attached hydrogens (tertiary/aromatic N) is 1. The number of allylic oxidation sites excluding steroid dienone is 1. The molecule has 2 heterocycles. The molecule has 0 spiro atoms. The number of aliphatic hydroxyl groups excluding tert-OH is 1. The number of carbonyl (C=O) groups excluding carboxylic acids is 1. The fraction of sp³-hybridized carbons (Fsp3) is 0.219. The van der Waals surface area contributed by atoms with Gasteiger partial charge in [0.05, 0.1) is 6.10 Å². The van der Waals surface area contributed by atoms with Gasteiger partial charge in [-0.3, -0.25) is 4.79 Å². The van der Waals surface area contributed by atoms with Gasteiger partial charge in [0, 0.05) is 58.4 Å². The van der Waals surface area contributed by atoms with Crippen molar-refractivity contribution in [1.82, 2.24) is 14.9 Å². The van der Waals surface area contributed by atoms with E-state index < -0.39 is 6.10 Å². The summed E-state index contributed by atoms with van der Waals surface area (Å²) in [5, 5.41) is 16.5. The molecule has 5 aromatic rings. The summed E-state index contributed by atoms with van der Waals surface area (Å²) in [5.74, 6) is -0.0218. The summed E-state index contributed by atoms with van der Waals surface area (Å²) in [5.41, 5.74) is 7.51. The average Bonchev–Trinajstić information content (AvgIpc) is 3.46. The maximum atomic E-state index is 12.6. The maximum Gasteiger partial charge on any atom is 0.185 e. The van der Waals surface area contributed by atoms with E-state index in [1.807, 2.05) is 61.7 Å². The first-order valence-electron chi connectivity index (χ1n) is 12.8. The second-order valence-corrected chi connectivity index (χ2v) is 9.79. The molecule has 1 atom stereocenters. The van der Waals surface area contributed by atoms with E-state index in [4.69, 9.17) is 0 Å². The average molecular weight is 492 g/mol. The van der Waals surface area contributed by atoms with Crippen molar-refractivity contribution in [2.24, 2.45) is 0 Å². The quantitative estimate of drug-likeness (QED) is 0.131. The smallest absolute Gasteiger partial charge is 0.185 e. The number of aromatic nitrogens is 2. The molecule has 0 fully saturated rings. The number of hydrogen-bond donors (Lipinski definition) is 3. The second kappa shape index (κ2) is 11.0. The van der Waals surface area contributed by atoms with Crippen molar-refractivity contribution in [2.75, 3.05) is 13.1 Å². The minimum Gasteiger partial charge on any atom is -0.390 e. The molecular formula is C32H33N3O2. The summed E-state index contributed by atoms with van der Waals surface area (Å²) in [7, 11) is 0. The van der Waals surface area contributed by atoms with Crippen molar-refractivity contribution >= 4 is 33.7 Å². The number of benzene rings is 3. The minimum atomic E-state index is -0.535. The Morgan fingerprint density at radius 3 is 2.65 bits per heavy atom. The molecule has 0 unspecified atom stereocenters. The van der Waals surface area contributed by atoms with Crippen LogP contribution in [0.2, 0.25) is 0 Å². The van der Waals surface area contributed by atoms with E-state index in [0.717, 1.165) is 40.5 Å². The molecule has 5 nitrogen and oxygen atoms in total. The fourth-order valence-corrected chi connectivity index (χ4v) is 4.82. The Kier molecular flexibility index (Phi) is 7.35. The molecular weight excluding hydrogens is 458 g/mol. The summed E-state index contributed by atoms with van der Waals surface area (Å²) in [6.07, 6.45) is 7.95. The number of nitrogens with one attached hydrogen (secondary N) is 2. The molecule has 3 N–H and O–H groups in total. The van der Waals surface area contributed by atoms with Crippen LogP contribution in [-0.4, -0.2) is 39.6 Å². The Labute approximate surface area is 217 Å². The number of aryl methyl sites for hydroxylation is 2. The molecule has 0 aliphatic rings. The van der Waals surface area contributed by atoms with E-state index in [1.54, 1.807) is 6.08 Å². The van der Waals surface area contributed by atoms with Gasteiger partial charge in [0.1, 0.15) is 0 Å². The fourth-order valence-electron chi connectivity index (χ4n) is 4.82. The Balaban J connectivity index is 1.21. The monoisotopic (exact) mass is 491 g/mol. The number of rotatable bonds is 10. The number of aliphatic hydroxyl groups is 1. The van der Waals surface area contributed by atoms with Crippen LogP contribution >= 0.6 is 0 Å². The van der Waals surface area contributed by atoms with E-state index in [1.165, 1.54) is 16.5 Å². The SMILES string of the molecule is Cc1ccc(C(=O)/C=C/c2cn(C[C@@H](O)CNCCc3c[nH]c4ccc(C)cc34)c3ccccc23)cc1. The molecule has 5 heteroatoms. The number of fused-ring (bicyclic) bond motifs is 2. The van der Waals surface area contributed by atoms with Crippen LogP contribution in [0.4, 0.5) is 0 Å². The molecule has 0 saturated carbocycles. The molecule has 0 radical (unpaired) electrons. The Bertz CT molecular complexity index is 1560. The number of hydrogen-bond acceptors (Lipinski definition) is 3. The highest BCUT2D eigenvalue weighted by atomic mass is 16.3. The summed E-state index contributed by atoms with van der Waals surface area (Å²) in [6.45, 7) is 5.89. The second-order valence-electron chi connectivity index (χ2n) is 9.79. The van der Waals surface area contributed by atoms with Crippen molar-refractivity contribution in [1.29, 1.82) is 0 Å². The van der Waals surface area contributed by atoms with Gasteiger partial charge in [-0.2, -0.15) is 0 Å². The first-order chi connectivity index (χ1) is 18.0. The lowest BCUT2D eigenvalue weighted by atomic mass is 10.1. The van der Waals surface area contributed by atoms with Crippen LogP contribution in [0.1, 0.15) is 32.6 Å². The number of carbonyl (C=O) groups is 1. The predicted molar refractivity (Wildman–Crippen MR) is 152 cm³/mol. The van der Waals surface area contributed by atoms with Gasteiger partial charge < -0.3 is 20.0 Å². The lowest BCUT2D eigenvalue weighted by Gasteiger charge is -2.14. The molecule has 5 rings (SSSR count). The van der Waals surface area contributed by atoms with Crippen LogP contribution < -0.4 is 5.32 Å². The molecule has 0 amide bonds. The van der Waals surface area contributed by atoms with Crippen LogP contribution in [0.5, 0.6) is 0 Å². The van der Waals surface area contributed by atoms with Crippen molar-refractivity contribution in [3.05, 3.63) is 113 Å². The molecule has 0 aliphatic carbocycles. The van der Waals surface area contributed by atoms with Gasteiger partial charge >= 0.3 is 0 Å². The van der Waals surface area contributed by atoms with Crippen molar-refractivity contribution in [2.45, 2.75) is 32.9 Å². The standard InChI is InChI=1S/C32H33N3O2/c1-22-7-10-24(11-8-22)32(37)14-12-26-20-35(31-6-4-3-5-28(26)31)21-27(36)19-33-16-15-25-18-34-30-13-9-23(2)17-29(25)30/h3-14,17-18,20,27,33-34,36H,15-16,19,21H2,1-2H3/b14-12+/t27-/m0/s1. The zero-order valence-electron chi connectivity index (χ0n) is 21.4. The van der Waals surface area contributed by atoms with E-state index in [2.05, 4.69) is 52.3 Å². The lowest BCUT2D eigenvalue weighted by Crippen LogP contribution is -2.31. The highest BCUT2D eigenvalue weighted by Crippen LogP contribution is 2.23. The molecule has 188 valence electrons. The lowest BCUT2D eigenvalue weighted by molar-refractivity contribution is 0.104. The van der Waals surface area contributed by atoms with Gasteiger partial charge in [-0.05, 0) is 62.7 Å². The number of ketones is 1. The molecule has 37 heavy (non-hydrogen) atoms. The largest absolute Gasteiger partial charge is 0.390 e. The van der Waals surface area contributed by atoms with E-state index in [9.17, 15) is 9.90 Å². The number of H-pyrrole nitrogens is 1. The van der Waals surface area contributed by atoms with Crippen LogP contribution in [0.25, 0.3) is 27.9 Å². The summed E-state index contributed by atoms with van der Waals surface area (Å²) in [4.78, 5) is 16.0. The van der Waals surface area contributed by atoms with Gasteiger partial charge in [-0.25, -0.2) is 0 Å². The molecule has 0 saturated heterocycles. The maximum absolute atomic E-state index is 12.6. The van der Waals surface area contributed by atoms with Crippen molar-refractivity contribution in [3.8, 4) is 0 Å². The van der Waals surface area contributed by atoms with Gasteiger partial charge in [0.15, 0.2) is 5.78 Å². The van der Waals surface area contributed by atoms with Crippen molar-refractivity contribution in [3.63, 3.8) is 0 Å². The third kappa shape index (κ3) is 5.74. The van der Waals surface area contributed by atoms with Gasteiger partial charge in [-0.1, -0.05) is 59.7 Å². The predicted octanol–water partition coefficient (Wildman–Crippen LogP) is 5.83. The molecule has 0 aliphatic heterocycles. The Hall–Kier alpha value is -3.93. The minimum absolute atomic E-state index is 0.0218. The van der Waals surface area contributed by atoms with Gasteiger partial charge in [-0.15, -0.1) is 0 Å². The molecule has 0 bridgehead atoms. The van der Waals surface area contributed by atoms with Crippen LogP contribution in [0.3, 0.4) is 0 Å². The molecule has 2 aromatic heterocycles. The van der Waals surface area contributed by atoms with Crippen molar-refractivity contribution < 1.29 is 9.90 Å². The zero-order valence-corrected chi connectivity index (χ0v) is 21.4. The van der Waals surface area contributed by atoms with E-state index >= 15 is 0 Å². The Morgan fingerprint density at radius 2 is 1.81 bits per heavy atom. The van der Waals surface area contributed by atoms with Crippen LogP contribution in [-0.2, 0) is 13.0 Å². The number of para-hydroxylation sites is 1. The third-order valence-electron chi connectivity index (χ3n) is 6.85. The first kappa shape index (κ1) is 24.8. The summed E-state index contributed by atoms with van der Waals surface area (Å²) >= 11 is 0. The highest BCUT2D eigenvalue weighted by molar-refractivity contribution is 6.07.